The molecule has 0 bridgehead atoms. The Bertz CT molecular complexity index is 458. The molecular formula is C21H35N. The fourth-order valence-corrected chi connectivity index (χ4v) is 2.58. The van der Waals surface area contributed by atoms with Crippen molar-refractivity contribution in [1.82, 2.24) is 0 Å². The van der Waals surface area contributed by atoms with E-state index < -0.39 is 0 Å². The minimum atomic E-state index is 0.601. The second kappa shape index (κ2) is 12.2. The van der Waals surface area contributed by atoms with E-state index in [4.69, 9.17) is 5.73 Å². The third kappa shape index (κ3) is 8.19. The van der Waals surface area contributed by atoms with E-state index in [1.807, 2.05) is 19.9 Å². The summed E-state index contributed by atoms with van der Waals surface area (Å²) >= 11 is 0. The molecule has 0 aliphatic heterocycles. The predicted molar refractivity (Wildman–Crippen MR) is 102 cm³/mol. The van der Waals surface area contributed by atoms with Gasteiger partial charge >= 0.3 is 0 Å². The average Bonchev–Trinajstić information content (AvgIpc) is 2.49. The highest BCUT2D eigenvalue weighted by Crippen LogP contribution is 2.30. The molecule has 0 fully saturated rings. The molecule has 1 heteroatoms. The number of nitrogens with two attached hydrogens (primary N) is 1. The Morgan fingerprint density at radius 3 is 2.45 bits per heavy atom. The molecule has 0 spiro atoms. The highest BCUT2D eigenvalue weighted by Gasteiger charge is 2.14. The highest BCUT2D eigenvalue weighted by molar-refractivity contribution is 5.34. The van der Waals surface area contributed by atoms with Crippen LogP contribution in [0.5, 0.6) is 0 Å². The first-order chi connectivity index (χ1) is 10.5. The minimum Gasteiger partial charge on any atom is -0.327 e. The predicted octanol–water partition coefficient (Wildman–Crippen LogP) is 6.11. The number of rotatable bonds is 5. The smallest absolute Gasteiger partial charge is 0.0112 e. The summed E-state index contributed by atoms with van der Waals surface area (Å²) in [5.74, 6) is 0.707. The van der Waals surface area contributed by atoms with Crippen molar-refractivity contribution in [1.29, 1.82) is 0 Å². The van der Waals surface area contributed by atoms with Crippen LogP contribution in [0.4, 0.5) is 0 Å². The van der Waals surface area contributed by atoms with Crippen molar-refractivity contribution in [2.24, 2.45) is 11.7 Å². The van der Waals surface area contributed by atoms with Crippen molar-refractivity contribution in [2.45, 2.75) is 60.8 Å². The molecule has 0 saturated carbocycles. The van der Waals surface area contributed by atoms with Crippen molar-refractivity contribution in [3.8, 4) is 0 Å². The Morgan fingerprint density at radius 1 is 1.18 bits per heavy atom. The maximum Gasteiger partial charge on any atom is 0.0112 e. The summed E-state index contributed by atoms with van der Waals surface area (Å²) in [4.78, 5) is 0. The van der Waals surface area contributed by atoms with Crippen LogP contribution in [0.15, 0.2) is 58.7 Å². The lowest BCUT2D eigenvalue weighted by atomic mass is 9.84. The number of hydrogen-bond acceptors (Lipinski definition) is 1. The zero-order valence-electron chi connectivity index (χ0n) is 15.4. The van der Waals surface area contributed by atoms with Gasteiger partial charge in [0.2, 0.25) is 0 Å². The summed E-state index contributed by atoms with van der Waals surface area (Å²) < 4.78 is 0. The van der Waals surface area contributed by atoms with Gasteiger partial charge in [-0.05, 0) is 51.5 Å². The van der Waals surface area contributed by atoms with Gasteiger partial charge in [-0.3, -0.25) is 0 Å². The van der Waals surface area contributed by atoms with Gasteiger partial charge in [0, 0.05) is 6.54 Å². The van der Waals surface area contributed by atoms with Crippen LogP contribution >= 0.6 is 0 Å². The summed E-state index contributed by atoms with van der Waals surface area (Å²) in [6.45, 7) is 13.4. The van der Waals surface area contributed by atoms with Gasteiger partial charge in [-0.2, -0.15) is 0 Å². The van der Waals surface area contributed by atoms with Crippen LogP contribution in [0.2, 0.25) is 0 Å². The van der Waals surface area contributed by atoms with Gasteiger partial charge in [0.05, 0.1) is 0 Å². The maximum absolute atomic E-state index is 5.48. The normalized spacial score (nSPS) is 20.6. The first-order valence-electron chi connectivity index (χ1n) is 8.64. The first kappa shape index (κ1) is 20.7. The fraction of sp³-hybridized carbons (Fsp3) is 0.524. The molecule has 0 amide bonds. The molecule has 1 aliphatic rings. The zero-order chi connectivity index (χ0) is 17.0. The molecular weight excluding hydrogens is 266 g/mol. The molecule has 1 unspecified atom stereocenters. The van der Waals surface area contributed by atoms with Gasteiger partial charge in [-0.25, -0.2) is 0 Å². The fourth-order valence-electron chi connectivity index (χ4n) is 2.58. The van der Waals surface area contributed by atoms with Gasteiger partial charge in [0.25, 0.3) is 0 Å². The van der Waals surface area contributed by atoms with E-state index >= 15 is 0 Å². The van der Waals surface area contributed by atoms with E-state index in [-0.39, 0.29) is 0 Å². The monoisotopic (exact) mass is 301 g/mol. The van der Waals surface area contributed by atoms with Crippen molar-refractivity contribution in [3.63, 3.8) is 0 Å². The maximum atomic E-state index is 5.48. The van der Waals surface area contributed by atoms with Gasteiger partial charge in [-0.15, -0.1) is 0 Å². The van der Waals surface area contributed by atoms with E-state index in [1.54, 1.807) is 5.57 Å². The molecule has 1 aliphatic carbocycles. The van der Waals surface area contributed by atoms with Crippen molar-refractivity contribution in [2.75, 3.05) is 6.54 Å². The minimum absolute atomic E-state index is 0.601. The van der Waals surface area contributed by atoms with Crippen molar-refractivity contribution >= 4 is 0 Å². The van der Waals surface area contributed by atoms with E-state index in [2.05, 4.69) is 58.1 Å². The zero-order valence-corrected chi connectivity index (χ0v) is 15.4. The van der Waals surface area contributed by atoms with Crippen molar-refractivity contribution < 1.29 is 0 Å². The van der Waals surface area contributed by atoms with Crippen molar-refractivity contribution in [3.05, 3.63) is 58.7 Å². The first-order valence-corrected chi connectivity index (χ1v) is 8.64. The van der Waals surface area contributed by atoms with Gasteiger partial charge in [0.1, 0.15) is 0 Å². The van der Waals surface area contributed by atoms with E-state index in [0.29, 0.717) is 12.5 Å². The van der Waals surface area contributed by atoms with Crippen LogP contribution in [0.1, 0.15) is 60.8 Å². The Kier molecular flexibility index (Phi) is 11.5. The van der Waals surface area contributed by atoms with Crippen LogP contribution < -0.4 is 5.73 Å². The largest absolute Gasteiger partial charge is 0.327 e. The molecule has 0 aromatic rings. The van der Waals surface area contributed by atoms with E-state index in [9.17, 15) is 0 Å². The third-order valence-electron chi connectivity index (χ3n) is 3.90. The third-order valence-corrected chi connectivity index (χ3v) is 3.90. The lowest BCUT2D eigenvalue weighted by molar-refractivity contribution is 0.546. The number of allylic oxidation sites excluding steroid dienone is 9. The molecule has 22 heavy (non-hydrogen) atoms. The summed E-state index contributed by atoms with van der Waals surface area (Å²) in [6, 6.07) is 0. The second-order valence-corrected chi connectivity index (χ2v) is 5.82. The molecule has 1 nitrogen and oxygen atoms in total. The quantitative estimate of drug-likeness (QED) is 0.609. The molecule has 0 saturated heterocycles. The van der Waals surface area contributed by atoms with Crippen LogP contribution in [0, 0.1) is 5.92 Å². The molecule has 0 radical (unpaired) electrons. The summed E-state index contributed by atoms with van der Waals surface area (Å²) in [5, 5.41) is 0. The van der Waals surface area contributed by atoms with Crippen LogP contribution in [-0.2, 0) is 0 Å². The lowest BCUT2D eigenvalue weighted by Gasteiger charge is -2.22. The molecule has 2 N–H and O–H groups in total. The topological polar surface area (TPSA) is 26.0 Å². The Balaban J connectivity index is 0.00000211. The Labute approximate surface area is 138 Å². The molecule has 124 valence electrons. The molecule has 1 atom stereocenters. The molecule has 1 rings (SSSR count). The SMILES string of the molecule is CC.CC1=C(/C=C/C(C)=C/C=C/C(C)=C\CN)C(C)CCC1. The molecule has 0 heterocycles. The lowest BCUT2D eigenvalue weighted by Crippen LogP contribution is -2.06. The van der Waals surface area contributed by atoms with E-state index in [0.717, 1.165) is 0 Å². The summed E-state index contributed by atoms with van der Waals surface area (Å²) in [5.41, 5.74) is 11.1. The van der Waals surface area contributed by atoms with Gasteiger partial charge in [-0.1, -0.05) is 73.9 Å². The van der Waals surface area contributed by atoms with Crippen LogP contribution in [-0.4, -0.2) is 6.54 Å². The average molecular weight is 302 g/mol. The van der Waals surface area contributed by atoms with E-state index in [1.165, 1.54) is 36.0 Å². The second-order valence-electron chi connectivity index (χ2n) is 5.82. The molecule has 0 aromatic heterocycles. The number of hydrogen-bond donors (Lipinski definition) is 1. The molecule has 0 aromatic carbocycles. The highest BCUT2D eigenvalue weighted by atomic mass is 14.5. The standard InChI is InChI=1S/C19H29N.C2H6/c1-15(7-5-8-16(2)13-14-20)11-12-19-17(3)9-6-10-18(19)4;1-2/h5,7-8,11-13,17H,6,9-10,14,20H2,1-4H3;1-2H3/b8-5+,12-11+,15-7+,16-13-;. The Morgan fingerprint density at radius 2 is 1.86 bits per heavy atom. The summed E-state index contributed by atoms with van der Waals surface area (Å²) in [7, 11) is 0. The van der Waals surface area contributed by atoms with Crippen LogP contribution in [0.25, 0.3) is 0 Å². The summed E-state index contributed by atoms with van der Waals surface area (Å²) in [6.07, 6.45) is 16.8. The van der Waals surface area contributed by atoms with Gasteiger partial charge in [0.15, 0.2) is 0 Å². The van der Waals surface area contributed by atoms with Crippen LogP contribution in [0.3, 0.4) is 0 Å². The Hall–Kier alpha value is -1.34. The van der Waals surface area contributed by atoms with Gasteiger partial charge < -0.3 is 5.73 Å².